The predicted octanol–water partition coefficient (Wildman–Crippen LogP) is 1.90. The molecule has 1 aromatic carbocycles. The van der Waals surface area contributed by atoms with E-state index in [9.17, 15) is 14.4 Å². The molecule has 8 heteroatoms. The Morgan fingerprint density at radius 3 is 2.52 bits per heavy atom. The number of carbonyl (C=O) groups is 3. The molecule has 0 unspecified atom stereocenters. The zero-order valence-electron chi connectivity index (χ0n) is 16.1. The summed E-state index contributed by atoms with van der Waals surface area (Å²) in [4.78, 5) is 39.7. The molecule has 2 aliphatic rings. The maximum absolute atomic E-state index is 12.8. The van der Waals surface area contributed by atoms with Crippen LogP contribution < -0.4 is 10.6 Å². The number of imide groups is 1. The Labute approximate surface area is 168 Å². The molecule has 1 aromatic heterocycles. The molecule has 0 atom stereocenters. The van der Waals surface area contributed by atoms with Crippen LogP contribution in [-0.4, -0.2) is 60.9 Å². The van der Waals surface area contributed by atoms with Crippen LogP contribution >= 0.6 is 0 Å². The van der Waals surface area contributed by atoms with Crippen molar-refractivity contribution in [3.63, 3.8) is 0 Å². The Morgan fingerprint density at radius 1 is 1.00 bits per heavy atom. The van der Waals surface area contributed by atoms with Crippen molar-refractivity contribution in [2.75, 3.05) is 33.2 Å². The second-order valence-electron chi connectivity index (χ2n) is 7.19. The largest absolute Gasteiger partial charge is 0.457 e. The summed E-state index contributed by atoms with van der Waals surface area (Å²) in [6.07, 6.45) is 2.45. The van der Waals surface area contributed by atoms with Gasteiger partial charge < -0.3 is 19.5 Å². The molecule has 0 saturated carbocycles. The maximum atomic E-state index is 12.8. The van der Waals surface area contributed by atoms with Crippen molar-refractivity contribution < 1.29 is 18.8 Å². The van der Waals surface area contributed by atoms with Gasteiger partial charge in [-0.25, -0.2) is 4.79 Å². The van der Waals surface area contributed by atoms with E-state index in [1.54, 1.807) is 24.3 Å². The number of amides is 4. The molecule has 4 amide bonds. The van der Waals surface area contributed by atoms with Gasteiger partial charge in [-0.1, -0.05) is 12.1 Å². The Kier molecular flexibility index (Phi) is 5.18. The minimum Gasteiger partial charge on any atom is -0.457 e. The van der Waals surface area contributed by atoms with Gasteiger partial charge in [-0.05, 0) is 44.3 Å². The monoisotopic (exact) mass is 394 g/mol. The first-order valence-corrected chi connectivity index (χ1v) is 9.52. The highest BCUT2D eigenvalue weighted by atomic mass is 16.3. The number of benzene rings is 1. The van der Waals surface area contributed by atoms with Crippen LogP contribution in [0.5, 0.6) is 0 Å². The molecule has 0 bridgehead atoms. The Bertz CT molecular complexity index is 977. The van der Waals surface area contributed by atoms with Crippen molar-refractivity contribution in [3.05, 3.63) is 53.4 Å². The van der Waals surface area contributed by atoms with Crippen molar-refractivity contribution in [3.8, 4) is 11.3 Å². The third kappa shape index (κ3) is 4.22. The van der Waals surface area contributed by atoms with Crippen LogP contribution in [0.2, 0.25) is 0 Å². The molecule has 150 valence electrons. The Hall–Kier alpha value is -3.39. The molecular formula is C21H22N4O4. The number of nitrogens with one attached hydrogen (secondary N) is 2. The summed E-state index contributed by atoms with van der Waals surface area (Å²) in [5.74, 6) is 0.605. The van der Waals surface area contributed by atoms with Gasteiger partial charge >= 0.3 is 6.03 Å². The van der Waals surface area contributed by atoms with E-state index in [-0.39, 0.29) is 11.6 Å². The minimum atomic E-state index is -0.552. The van der Waals surface area contributed by atoms with Crippen molar-refractivity contribution in [2.45, 2.75) is 6.42 Å². The lowest BCUT2D eigenvalue weighted by atomic mass is 10.1. The fourth-order valence-corrected chi connectivity index (χ4v) is 3.42. The first-order chi connectivity index (χ1) is 14.0. The fourth-order valence-electron chi connectivity index (χ4n) is 3.42. The van der Waals surface area contributed by atoms with Crippen LogP contribution in [0, 0.1) is 0 Å². The van der Waals surface area contributed by atoms with E-state index in [1.807, 2.05) is 17.0 Å². The van der Waals surface area contributed by atoms with E-state index in [0.717, 1.165) is 38.2 Å². The van der Waals surface area contributed by atoms with Crippen molar-refractivity contribution in [2.24, 2.45) is 0 Å². The van der Waals surface area contributed by atoms with Gasteiger partial charge in [0.2, 0.25) is 0 Å². The molecule has 8 nitrogen and oxygen atoms in total. The van der Waals surface area contributed by atoms with E-state index in [1.165, 1.54) is 6.08 Å². The second kappa shape index (κ2) is 7.92. The third-order valence-corrected chi connectivity index (χ3v) is 5.06. The van der Waals surface area contributed by atoms with Gasteiger partial charge in [0.15, 0.2) is 0 Å². The Balaban J connectivity index is 1.46. The van der Waals surface area contributed by atoms with Gasteiger partial charge in [-0.3, -0.25) is 14.9 Å². The van der Waals surface area contributed by atoms with Crippen molar-refractivity contribution in [1.82, 2.24) is 20.4 Å². The first kappa shape index (κ1) is 18.9. The smallest absolute Gasteiger partial charge is 0.326 e. The standard InChI is InChI=1S/C21H22N4O4/c1-24-9-2-10-25(12-11-24)20(27)15-5-3-14(4-6-15)18-8-7-16(29-18)13-17-19(26)23-21(28)22-17/h3-8,13H,2,9-12H2,1H3,(H2,22,23,26,28)/b17-13-. The number of furan rings is 1. The SMILES string of the molecule is CN1CCCN(C(=O)c2ccc(-c3ccc(/C=C4\NC(=O)NC4=O)o3)cc2)CC1. The molecule has 29 heavy (non-hydrogen) atoms. The number of hydrogen-bond donors (Lipinski definition) is 2. The highest BCUT2D eigenvalue weighted by Crippen LogP contribution is 2.24. The molecule has 2 aliphatic heterocycles. The van der Waals surface area contributed by atoms with E-state index in [0.29, 0.717) is 17.1 Å². The van der Waals surface area contributed by atoms with Crippen LogP contribution in [0.25, 0.3) is 17.4 Å². The van der Waals surface area contributed by atoms with E-state index in [2.05, 4.69) is 22.6 Å². The lowest BCUT2D eigenvalue weighted by molar-refractivity contribution is -0.115. The van der Waals surface area contributed by atoms with Crippen LogP contribution in [0.3, 0.4) is 0 Å². The van der Waals surface area contributed by atoms with E-state index < -0.39 is 11.9 Å². The molecule has 0 spiro atoms. The molecule has 3 heterocycles. The first-order valence-electron chi connectivity index (χ1n) is 9.52. The lowest BCUT2D eigenvalue weighted by Gasteiger charge is -2.20. The Morgan fingerprint density at radius 2 is 1.79 bits per heavy atom. The maximum Gasteiger partial charge on any atom is 0.326 e. The highest BCUT2D eigenvalue weighted by Gasteiger charge is 2.23. The average Bonchev–Trinajstić information content (AvgIpc) is 3.23. The zero-order chi connectivity index (χ0) is 20.4. The zero-order valence-corrected chi connectivity index (χ0v) is 16.1. The quantitative estimate of drug-likeness (QED) is 0.613. The summed E-state index contributed by atoms with van der Waals surface area (Å²) in [7, 11) is 2.07. The van der Waals surface area contributed by atoms with Gasteiger partial charge in [0.1, 0.15) is 17.2 Å². The normalized spacial score (nSPS) is 19.2. The predicted molar refractivity (Wildman–Crippen MR) is 107 cm³/mol. The molecule has 2 aromatic rings. The van der Waals surface area contributed by atoms with Gasteiger partial charge in [0, 0.05) is 36.8 Å². The van der Waals surface area contributed by atoms with Crippen LogP contribution in [-0.2, 0) is 4.79 Å². The topological polar surface area (TPSA) is 94.9 Å². The van der Waals surface area contributed by atoms with Crippen molar-refractivity contribution >= 4 is 23.9 Å². The third-order valence-electron chi connectivity index (χ3n) is 5.06. The average molecular weight is 394 g/mol. The fraction of sp³-hybridized carbons (Fsp3) is 0.286. The lowest BCUT2D eigenvalue weighted by Crippen LogP contribution is -2.34. The molecule has 4 rings (SSSR count). The summed E-state index contributed by atoms with van der Waals surface area (Å²) in [5, 5.41) is 4.55. The number of rotatable bonds is 3. The molecular weight excluding hydrogens is 372 g/mol. The summed E-state index contributed by atoms with van der Waals surface area (Å²) in [6.45, 7) is 3.39. The summed E-state index contributed by atoms with van der Waals surface area (Å²) >= 11 is 0. The number of urea groups is 1. The van der Waals surface area contributed by atoms with E-state index in [4.69, 9.17) is 4.42 Å². The summed E-state index contributed by atoms with van der Waals surface area (Å²) < 4.78 is 5.75. The molecule has 0 radical (unpaired) electrons. The minimum absolute atomic E-state index is 0.0414. The van der Waals surface area contributed by atoms with Crippen LogP contribution in [0.1, 0.15) is 22.5 Å². The molecule has 2 fully saturated rings. The van der Waals surface area contributed by atoms with E-state index >= 15 is 0 Å². The second-order valence-corrected chi connectivity index (χ2v) is 7.19. The highest BCUT2D eigenvalue weighted by molar-refractivity contribution is 6.13. The van der Waals surface area contributed by atoms with Gasteiger partial charge in [0.25, 0.3) is 11.8 Å². The molecule has 0 aliphatic carbocycles. The summed E-state index contributed by atoms with van der Waals surface area (Å²) in [5.41, 5.74) is 1.61. The summed E-state index contributed by atoms with van der Waals surface area (Å²) in [6, 6.07) is 10.2. The molecule has 2 saturated heterocycles. The van der Waals surface area contributed by atoms with Crippen LogP contribution in [0.4, 0.5) is 4.79 Å². The van der Waals surface area contributed by atoms with Crippen LogP contribution in [0.15, 0.2) is 46.5 Å². The number of nitrogens with zero attached hydrogens (tertiary/aromatic N) is 2. The number of likely N-dealkylation sites (N-methyl/N-ethyl adjacent to an activating group) is 1. The molecule has 2 N–H and O–H groups in total. The van der Waals surface area contributed by atoms with Gasteiger partial charge in [0.05, 0.1) is 0 Å². The number of carbonyl (C=O) groups excluding carboxylic acids is 3. The van der Waals surface area contributed by atoms with Gasteiger partial charge in [-0.2, -0.15) is 0 Å². The van der Waals surface area contributed by atoms with Crippen molar-refractivity contribution in [1.29, 1.82) is 0 Å². The number of hydrogen-bond acceptors (Lipinski definition) is 5. The van der Waals surface area contributed by atoms with Gasteiger partial charge in [-0.15, -0.1) is 0 Å².